The lowest BCUT2D eigenvalue weighted by Gasteiger charge is -2.26. The first-order valence-corrected chi connectivity index (χ1v) is 8.58. The second kappa shape index (κ2) is 9.87. The van der Waals surface area contributed by atoms with Crippen molar-refractivity contribution in [1.29, 1.82) is 0 Å². The summed E-state index contributed by atoms with van der Waals surface area (Å²) in [4.78, 5) is 18.5. The van der Waals surface area contributed by atoms with Crippen LogP contribution in [0.5, 0.6) is 0 Å². The van der Waals surface area contributed by atoms with E-state index in [-0.39, 0.29) is 12.0 Å². The van der Waals surface area contributed by atoms with E-state index >= 15 is 0 Å². The van der Waals surface area contributed by atoms with Gasteiger partial charge in [-0.25, -0.2) is 4.79 Å². The molecule has 0 aliphatic rings. The van der Waals surface area contributed by atoms with Crippen LogP contribution in [-0.4, -0.2) is 25.1 Å². The Bertz CT molecular complexity index is 518. The largest absolute Gasteiger partial charge is 0.370 e. The number of hydrogen-bond donors (Lipinski definition) is 2. The predicted octanol–water partition coefficient (Wildman–Crippen LogP) is 3.46. The maximum Gasteiger partial charge on any atom is 0.328 e. The number of unbranched alkanes of at least 4 members (excludes halogenated alkanes) is 1. The zero-order valence-corrected chi connectivity index (χ0v) is 14.9. The van der Waals surface area contributed by atoms with Gasteiger partial charge < -0.3 is 5.73 Å². The molecule has 0 heterocycles. The highest BCUT2D eigenvalue weighted by atomic mass is 16.2. The predicted molar refractivity (Wildman–Crippen MR) is 98.1 cm³/mol. The van der Waals surface area contributed by atoms with Crippen molar-refractivity contribution in [1.82, 2.24) is 5.32 Å². The highest BCUT2D eigenvalue weighted by Crippen LogP contribution is 2.27. The molecule has 0 atom stereocenters. The van der Waals surface area contributed by atoms with E-state index < -0.39 is 0 Å². The zero-order chi connectivity index (χ0) is 17.2. The molecular formula is C18H30N4O. The summed E-state index contributed by atoms with van der Waals surface area (Å²) >= 11 is 0. The van der Waals surface area contributed by atoms with Crippen LogP contribution in [0.3, 0.4) is 0 Å². The molecule has 0 radical (unpaired) electrons. The van der Waals surface area contributed by atoms with Gasteiger partial charge in [0.2, 0.25) is 0 Å². The summed E-state index contributed by atoms with van der Waals surface area (Å²) in [6.45, 7) is 9.49. The smallest absolute Gasteiger partial charge is 0.328 e. The third kappa shape index (κ3) is 5.27. The van der Waals surface area contributed by atoms with Gasteiger partial charge in [0.05, 0.1) is 5.69 Å². The molecule has 0 bridgehead atoms. The number of aliphatic imine (C=N–C) groups is 1. The molecule has 0 fully saturated rings. The summed E-state index contributed by atoms with van der Waals surface area (Å²) in [5.74, 6) is 0.189. The number of carbonyl (C=O) groups excluding carboxylic acids is 1. The first-order chi connectivity index (χ1) is 11.1. The highest BCUT2D eigenvalue weighted by Gasteiger charge is 2.19. The number of benzene rings is 1. The molecule has 2 amide bonds. The lowest BCUT2D eigenvalue weighted by Crippen LogP contribution is -2.46. The summed E-state index contributed by atoms with van der Waals surface area (Å²) in [7, 11) is 0. The Balaban J connectivity index is 3.00. The number of nitrogens with one attached hydrogen (secondary N) is 1. The Morgan fingerprint density at radius 1 is 1.17 bits per heavy atom. The third-order valence-electron chi connectivity index (χ3n) is 3.83. The molecule has 5 heteroatoms. The molecule has 0 saturated carbocycles. The number of para-hydroxylation sites is 1. The van der Waals surface area contributed by atoms with Gasteiger partial charge in [0.1, 0.15) is 0 Å². The fourth-order valence-corrected chi connectivity index (χ4v) is 2.54. The topological polar surface area (TPSA) is 70.7 Å². The summed E-state index contributed by atoms with van der Waals surface area (Å²) < 4.78 is 0. The molecule has 5 nitrogen and oxygen atoms in total. The number of guanidine groups is 1. The number of rotatable bonds is 7. The van der Waals surface area contributed by atoms with E-state index in [2.05, 4.69) is 43.2 Å². The minimum Gasteiger partial charge on any atom is -0.370 e. The molecular weight excluding hydrogens is 288 g/mol. The monoisotopic (exact) mass is 318 g/mol. The van der Waals surface area contributed by atoms with E-state index in [1.807, 2.05) is 13.0 Å². The van der Waals surface area contributed by atoms with Crippen molar-refractivity contribution >= 4 is 17.7 Å². The van der Waals surface area contributed by atoms with Crippen molar-refractivity contribution in [2.45, 2.75) is 53.4 Å². The normalized spacial score (nSPS) is 11.4. The molecule has 0 unspecified atom stereocenters. The van der Waals surface area contributed by atoms with Gasteiger partial charge in [0.25, 0.3) is 0 Å². The SMILES string of the molecule is CCCCN=C(N)NC(=O)N(CC)c1c(CC)cccc1CC. The van der Waals surface area contributed by atoms with Gasteiger partial charge in [-0.1, -0.05) is 45.4 Å². The lowest BCUT2D eigenvalue weighted by molar-refractivity contribution is 0.250. The number of amides is 2. The molecule has 1 aromatic carbocycles. The molecule has 1 aromatic rings. The van der Waals surface area contributed by atoms with Crippen molar-refractivity contribution in [3.63, 3.8) is 0 Å². The van der Waals surface area contributed by atoms with Gasteiger partial charge in [-0.15, -0.1) is 0 Å². The van der Waals surface area contributed by atoms with Crippen molar-refractivity contribution in [3.8, 4) is 0 Å². The first kappa shape index (κ1) is 19.0. The average molecular weight is 318 g/mol. The van der Waals surface area contributed by atoms with Crippen LogP contribution < -0.4 is 16.0 Å². The second-order valence-electron chi connectivity index (χ2n) is 5.43. The van der Waals surface area contributed by atoms with Gasteiger partial charge in [-0.2, -0.15) is 0 Å². The Morgan fingerprint density at radius 2 is 1.78 bits per heavy atom. The minimum absolute atomic E-state index is 0.189. The number of carbonyl (C=O) groups is 1. The lowest BCUT2D eigenvalue weighted by atomic mass is 10.0. The number of aryl methyl sites for hydroxylation is 2. The second-order valence-corrected chi connectivity index (χ2v) is 5.43. The molecule has 0 aliphatic carbocycles. The maximum atomic E-state index is 12.6. The van der Waals surface area contributed by atoms with Crippen LogP contribution >= 0.6 is 0 Å². The fraction of sp³-hybridized carbons (Fsp3) is 0.556. The molecule has 0 spiro atoms. The van der Waals surface area contributed by atoms with Crippen LogP contribution in [0.25, 0.3) is 0 Å². The summed E-state index contributed by atoms with van der Waals surface area (Å²) in [5.41, 5.74) is 9.16. The zero-order valence-electron chi connectivity index (χ0n) is 14.9. The van der Waals surface area contributed by atoms with Crippen LogP contribution in [0.1, 0.15) is 51.7 Å². The number of hydrogen-bond acceptors (Lipinski definition) is 2. The number of anilines is 1. The van der Waals surface area contributed by atoms with E-state index in [0.29, 0.717) is 13.1 Å². The quantitative estimate of drug-likeness (QED) is 0.459. The Morgan fingerprint density at radius 3 is 2.26 bits per heavy atom. The average Bonchev–Trinajstić information content (AvgIpc) is 2.55. The van der Waals surface area contributed by atoms with Gasteiger partial charge in [-0.05, 0) is 37.3 Å². The molecule has 3 N–H and O–H groups in total. The van der Waals surface area contributed by atoms with Crippen molar-refractivity contribution in [3.05, 3.63) is 29.3 Å². The van der Waals surface area contributed by atoms with Crippen LogP contribution in [0.4, 0.5) is 10.5 Å². The third-order valence-corrected chi connectivity index (χ3v) is 3.83. The Kier molecular flexibility index (Phi) is 8.16. The van der Waals surface area contributed by atoms with Gasteiger partial charge in [0.15, 0.2) is 5.96 Å². The number of nitrogens with zero attached hydrogens (tertiary/aromatic N) is 2. The van der Waals surface area contributed by atoms with Crippen molar-refractivity contribution in [2.24, 2.45) is 10.7 Å². The maximum absolute atomic E-state index is 12.6. The molecule has 0 aromatic heterocycles. The van der Waals surface area contributed by atoms with E-state index in [4.69, 9.17) is 5.73 Å². The fourth-order valence-electron chi connectivity index (χ4n) is 2.54. The van der Waals surface area contributed by atoms with Gasteiger partial charge >= 0.3 is 6.03 Å². The van der Waals surface area contributed by atoms with Crippen LogP contribution in [0.2, 0.25) is 0 Å². The molecule has 128 valence electrons. The van der Waals surface area contributed by atoms with E-state index in [1.54, 1.807) is 4.90 Å². The number of urea groups is 1. The molecule has 1 rings (SSSR count). The van der Waals surface area contributed by atoms with Crippen LogP contribution in [0.15, 0.2) is 23.2 Å². The molecule has 0 aliphatic heterocycles. The Labute approximate surface area is 140 Å². The summed E-state index contributed by atoms with van der Waals surface area (Å²) in [6.07, 6.45) is 3.78. The van der Waals surface area contributed by atoms with E-state index in [9.17, 15) is 4.79 Å². The summed E-state index contributed by atoms with van der Waals surface area (Å²) in [5, 5.41) is 2.71. The summed E-state index contributed by atoms with van der Waals surface area (Å²) in [6, 6.07) is 5.97. The Hall–Kier alpha value is -2.04. The van der Waals surface area contributed by atoms with Crippen molar-refractivity contribution < 1.29 is 4.79 Å². The first-order valence-electron chi connectivity index (χ1n) is 8.58. The number of nitrogens with two attached hydrogens (primary N) is 1. The van der Waals surface area contributed by atoms with Crippen LogP contribution in [-0.2, 0) is 12.8 Å². The van der Waals surface area contributed by atoms with Gasteiger partial charge in [-0.3, -0.25) is 15.2 Å². The molecule has 0 saturated heterocycles. The van der Waals surface area contributed by atoms with E-state index in [0.717, 1.165) is 31.4 Å². The van der Waals surface area contributed by atoms with Crippen LogP contribution in [0, 0.1) is 0 Å². The standard InChI is InChI=1S/C18H30N4O/c1-5-9-13-20-17(19)21-18(23)22(8-4)16-14(6-2)11-10-12-15(16)7-3/h10-12H,5-9,13H2,1-4H3,(H3,19,20,21,23). The molecule has 23 heavy (non-hydrogen) atoms. The van der Waals surface area contributed by atoms with Gasteiger partial charge in [0, 0.05) is 13.1 Å². The van der Waals surface area contributed by atoms with Crippen molar-refractivity contribution in [2.75, 3.05) is 18.0 Å². The highest BCUT2D eigenvalue weighted by molar-refractivity contribution is 6.04. The van der Waals surface area contributed by atoms with E-state index in [1.165, 1.54) is 11.1 Å². The minimum atomic E-state index is -0.221.